The number of halogens is 1. The normalized spacial score (nSPS) is 23.2. The summed E-state index contributed by atoms with van der Waals surface area (Å²) in [5, 5.41) is -0.328. The van der Waals surface area contributed by atoms with Crippen LogP contribution in [0.25, 0.3) is 0 Å². The van der Waals surface area contributed by atoms with Gasteiger partial charge in [-0.25, -0.2) is 8.42 Å². The van der Waals surface area contributed by atoms with Crippen molar-refractivity contribution in [2.75, 3.05) is 25.4 Å². The van der Waals surface area contributed by atoms with Gasteiger partial charge in [0, 0.05) is 13.1 Å². The molecule has 2 N–H and O–H groups in total. The first kappa shape index (κ1) is 17.9. The van der Waals surface area contributed by atoms with Crippen molar-refractivity contribution in [2.24, 2.45) is 10.7 Å². The van der Waals surface area contributed by atoms with E-state index < -0.39 is 9.84 Å². The van der Waals surface area contributed by atoms with Crippen molar-refractivity contribution in [2.45, 2.75) is 38.4 Å². The first-order valence-electron chi connectivity index (χ1n) is 6.27. The van der Waals surface area contributed by atoms with Crippen LogP contribution >= 0.6 is 24.0 Å². The van der Waals surface area contributed by atoms with Crippen molar-refractivity contribution in [3.8, 4) is 0 Å². The largest absolute Gasteiger partial charge is 0.370 e. The molecule has 1 rings (SSSR count). The second-order valence-electron chi connectivity index (χ2n) is 4.36. The molecule has 0 bridgehead atoms. The van der Waals surface area contributed by atoms with E-state index in [0.29, 0.717) is 18.3 Å². The zero-order valence-corrected chi connectivity index (χ0v) is 14.3. The summed E-state index contributed by atoms with van der Waals surface area (Å²) in [6.07, 6.45) is 2.48. The molecule has 7 heteroatoms. The summed E-state index contributed by atoms with van der Waals surface area (Å²) < 4.78 is 23.6. The van der Waals surface area contributed by atoms with Crippen LogP contribution in [0.5, 0.6) is 0 Å². The highest BCUT2D eigenvalue weighted by Crippen LogP contribution is 2.19. The van der Waals surface area contributed by atoms with Gasteiger partial charge in [-0.15, -0.1) is 24.0 Å². The Morgan fingerprint density at radius 3 is 2.44 bits per heavy atom. The maximum absolute atomic E-state index is 11.8. The second kappa shape index (κ2) is 8.19. The van der Waals surface area contributed by atoms with Gasteiger partial charge in [0.05, 0.1) is 17.5 Å². The molecule has 108 valence electrons. The van der Waals surface area contributed by atoms with Gasteiger partial charge in [-0.2, -0.15) is 0 Å². The van der Waals surface area contributed by atoms with Crippen molar-refractivity contribution in [3.05, 3.63) is 0 Å². The molecule has 1 atom stereocenters. The van der Waals surface area contributed by atoms with Crippen LogP contribution < -0.4 is 5.73 Å². The molecule has 5 nitrogen and oxygen atoms in total. The minimum absolute atomic E-state index is 0. The van der Waals surface area contributed by atoms with Crippen molar-refractivity contribution < 1.29 is 8.42 Å². The lowest BCUT2D eigenvalue weighted by Gasteiger charge is -2.23. The smallest absolute Gasteiger partial charge is 0.191 e. The number of sulfone groups is 1. The van der Waals surface area contributed by atoms with Crippen LogP contribution in [0, 0.1) is 0 Å². The number of aliphatic imine (C=N–C) groups is 1. The fraction of sp³-hybridized carbons (Fsp3) is 0.909. The molecule has 1 fully saturated rings. The van der Waals surface area contributed by atoms with Crippen LogP contribution in [-0.4, -0.2) is 49.9 Å². The maximum atomic E-state index is 11.8. The molecule has 18 heavy (non-hydrogen) atoms. The molecular weight excluding hydrogens is 365 g/mol. The van der Waals surface area contributed by atoms with Crippen molar-refractivity contribution in [1.29, 1.82) is 0 Å². The fourth-order valence-electron chi connectivity index (χ4n) is 2.07. The number of nitrogens with zero attached hydrogens (tertiary/aromatic N) is 2. The quantitative estimate of drug-likeness (QED) is 0.446. The number of rotatable bonds is 4. The summed E-state index contributed by atoms with van der Waals surface area (Å²) in [7, 11) is -2.94. The molecule has 1 saturated heterocycles. The first-order chi connectivity index (χ1) is 8.01. The van der Waals surface area contributed by atoms with Gasteiger partial charge < -0.3 is 10.6 Å². The fourth-order valence-corrected chi connectivity index (χ4v) is 3.84. The molecule has 0 aromatic heterocycles. The Labute approximate surface area is 127 Å². The Morgan fingerprint density at radius 1 is 1.33 bits per heavy atom. The Hall–Kier alpha value is -0.0500. The minimum Gasteiger partial charge on any atom is -0.370 e. The Balaban J connectivity index is 0.00000289. The van der Waals surface area contributed by atoms with Crippen LogP contribution in [0.1, 0.15) is 33.1 Å². The van der Waals surface area contributed by atoms with Gasteiger partial charge in [0.25, 0.3) is 0 Å². The third-order valence-corrected chi connectivity index (χ3v) is 5.52. The second-order valence-corrected chi connectivity index (χ2v) is 6.76. The summed E-state index contributed by atoms with van der Waals surface area (Å²) >= 11 is 0. The topological polar surface area (TPSA) is 75.8 Å². The monoisotopic (exact) mass is 389 g/mol. The molecule has 1 aliphatic heterocycles. The van der Waals surface area contributed by atoms with Gasteiger partial charge >= 0.3 is 0 Å². The predicted octanol–water partition coefficient (Wildman–Crippen LogP) is 1.23. The first-order valence-corrected chi connectivity index (χ1v) is 7.99. The van der Waals surface area contributed by atoms with Gasteiger partial charge in [0.15, 0.2) is 15.8 Å². The molecule has 0 aromatic carbocycles. The Kier molecular flexibility index (Phi) is 8.16. The Morgan fingerprint density at radius 2 is 1.94 bits per heavy atom. The standard InChI is InChI=1S/C11H23N3O2S.HI/c1-3-14(4-2)11(12)13-9-10-7-5-6-8-17(10,15)16;/h10H,3-9H2,1-2H3,(H2,12,13);1H. The molecule has 0 saturated carbocycles. The van der Waals surface area contributed by atoms with Crippen LogP contribution in [0.4, 0.5) is 0 Å². The van der Waals surface area contributed by atoms with Crippen molar-refractivity contribution in [1.82, 2.24) is 4.90 Å². The van der Waals surface area contributed by atoms with E-state index in [2.05, 4.69) is 4.99 Å². The molecule has 0 aliphatic carbocycles. The van der Waals surface area contributed by atoms with E-state index in [9.17, 15) is 8.42 Å². The van der Waals surface area contributed by atoms with Gasteiger partial charge in [-0.05, 0) is 26.7 Å². The summed E-state index contributed by atoms with van der Waals surface area (Å²) in [5.74, 6) is 0.758. The van der Waals surface area contributed by atoms with Crippen LogP contribution in [-0.2, 0) is 9.84 Å². The van der Waals surface area contributed by atoms with E-state index >= 15 is 0 Å². The van der Waals surface area contributed by atoms with E-state index in [-0.39, 0.29) is 29.2 Å². The summed E-state index contributed by atoms with van der Waals surface area (Å²) in [6.45, 7) is 5.91. The maximum Gasteiger partial charge on any atom is 0.191 e. The number of hydrogen-bond donors (Lipinski definition) is 1. The lowest BCUT2D eigenvalue weighted by Crippen LogP contribution is -2.38. The van der Waals surface area contributed by atoms with Gasteiger partial charge in [-0.1, -0.05) is 6.42 Å². The lowest BCUT2D eigenvalue weighted by atomic mass is 10.2. The van der Waals surface area contributed by atoms with E-state index in [4.69, 9.17) is 5.73 Å². The van der Waals surface area contributed by atoms with Gasteiger partial charge in [0.2, 0.25) is 0 Å². The average Bonchev–Trinajstić information content (AvgIpc) is 2.28. The highest BCUT2D eigenvalue weighted by atomic mass is 127. The number of nitrogens with two attached hydrogens (primary N) is 1. The highest BCUT2D eigenvalue weighted by Gasteiger charge is 2.28. The van der Waals surface area contributed by atoms with Crippen molar-refractivity contribution in [3.63, 3.8) is 0 Å². The predicted molar refractivity (Wildman–Crippen MR) is 86.3 cm³/mol. The third-order valence-electron chi connectivity index (χ3n) is 3.26. The van der Waals surface area contributed by atoms with Crippen molar-refractivity contribution >= 4 is 39.8 Å². The summed E-state index contributed by atoms with van der Waals surface area (Å²) in [5.41, 5.74) is 5.83. The van der Waals surface area contributed by atoms with Crippen LogP contribution in [0.15, 0.2) is 4.99 Å². The summed E-state index contributed by atoms with van der Waals surface area (Å²) in [6, 6.07) is 0. The van der Waals surface area contributed by atoms with Crippen LogP contribution in [0.3, 0.4) is 0 Å². The van der Waals surface area contributed by atoms with Crippen LogP contribution in [0.2, 0.25) is 0 Å². The number of guanidine groups is 1. The van der Waals surface area contributed by atoms with E-state index in [1.165, 1.54) is 0 Å². The number of hydrogen-bond acceptors (Lipinski definition) is 3. The molecule has 0 radical (unpaired) electrons. The zero-order chi connectivity index (χ0) is 12.9. The zero-order valence-electron chi connectivity index (χ0n) is 11.1. The van der Waals surface area contributed by atoms with Gasteiger partial charge in [-0.3, -0.25) is 4.99 Å². The molecular formula is C11H24IN3O2S. The SMILES string of the molecule is CCN(CC)C(N)=NCC1CCCCS1(=O)=O.I. The molecule has 0 amide bonds. The average molecular weight is 389 g/mol. The third kappa shape index (κ3) is 4.91. The van der Waals surface area contributed by atoms with E-state index in [1.54, 1.807) is 0 Å². The Bertz CT molecular complexity index is 366. The van der Waals surface area contributed by atoms with E-state index in [1.807, 2.05) is 18.7 Å². The highest BCUT2D eigenvalue weighted by molar-refractivity contribution is 14.0. The summed E-state index contributed by atoms with van der Waals surface area (Å²) in [4.78, 5) is 6.15. The molecule has 0 aromatic rings. The molecule has 1 aliphatic rings. The van der Waals surface area contributed by atoms with E-state index in [0.717, 1.165) is 32.4 Å². The molecule has 1 heterocycles. The minimum atomic E-state index is -2.94. The molecule has 0 spiro atoms. The molecule has 1 unspecified atom stereocenters. The van der Waals surface area contributed by atoms with Gasteiger partial charge in [0.1, 0.15) is 0 Å². The lowest BCUT2D eigenvalue weighted by molar-refractivity contribution is 0.457.